The van der Waals surface area contributed by atoms with Crippen LogP contribution >= 0.6 is 11.6 Å². The Morgan fingerprint density at radius 2 is 2.09 bits per heavy atom. The fourth-order valence-corrected chi connectivity index (χ4v) is 0.393. The molecule has 0 aromatic carbocycles. The maximum Gasteiger partial charge on any atom is 0.228 e. The fraction of sp³-hybridized carbons (Fsp3) is 0.667. The minimum Gasteiger partial charge on any atom is -0.529 e. The molecule has 0 aliphatic rings. The molecule has 0 radical (unpaired) electrons. The molecule has 0 spiro atoms. The third-order valence-electron chi connectivity index (χ3n) is 1.13. The second-order valence-corrected chi connectivity index (χ2v) is 2.96. The summed E-state index contributed by atoms with van der Waals surface area (Å²) < 4.78 is 0. The molecule has 0 aromatic rings. The van der Waals surface area contributed by atoms with Crippen LogP contribution in [0.2, 0.25) is 0 Å². The second kappa shape index (κ2) is 4.28. The summed E-state index contributed by atoms with van der Waals surface area (Å²) in [4.78, 5) is 20.3. The molecule has 0 bridgehead atoms. The van der Waals surface area contributed by atoms with E-state index in [9.17, 15) is 9.59 Å². The summed E-state index contributed by atoms with van der Waals surface area (Å²) in [5, 5.41) is 1.80. The van der Waals surface area contributed by atoms with Crippen molar-refractivity contribution in [3.05, 3.63) is 0 Å². The average molecular weight is 420 g/mol. The molecule has 0 aliphatic heterocycles. The van der Waals surface area contributed by atoms with Crippen LogP contribution in [0.5, 0.6) is 0 Å². The Hall–Kier alpha value is -1.57. The Morgan fingerprint density at radius 3 is 2.36 bits per heavy atom. The third-order valence-corrected chi connectivity index (χ3v) is 1.65. The van der Waals surface area contributed by atoms with Gasteiger partial charge >= 0.3 is 0 Å². The molecule has 0 aromatic heterocycles. The first-order valence-corrected chi connectivity index (χ1v) is 3.18. The number of amides is 1. The first kappa shape index (κ1) is 12.1. The summed E-state index contributed by atoms with van der Waals surface area (Å²) in [6, 6.07) is 0. The van der Waals surface area contributed by atoms with E-state index in [4.69, 9.17) is 11.6 Å². The molecular weight excluding hydrogens is 411 g/mol. The van der Waals surface area contributed by atoms with E-state index in [1.54, 1.807) is 13.8 Å². The third kappa shape index (κ3) is 3.92. The zero-order valence-electron chi connectivity index (χ0n) is 6.19. The molecule has 0 rings (SSSR count). The van der Waals surface area contributed by atoms with Crippen molar-refractivity contribution in [2.75, 3.05) is 6.54 Å². The van der Waals surface area contributed by atoms with Gasteiger partial charge in [0.15, 0.2) is 0 Å². The van der Waals surface area contributed by atoms with Crippen LogP contribution < -0.4 is 5.32 Å². The zero-order chi connectivity index (χ0) is 8.20. The van der Waals surface area contributed by atoms with Gasteiger partial charge in [-0.1, -0.05) is 13.8 Å². The summed E-state index contributed by atoms with van der Waals surface area (Å²) >= 11 is 5.20. The molecule has 3 nitrogen and oxygen atoms in total. The summed E-state index contributed by atoms with van der Waals surface area (Å²) in [7, 11) is 0. The molecule has 11 heavy (non-hydrogen) atoms. The van der Waals surface area contributed by atoms with Crippen molar-refractivity contribution in [3.8, 4) is 0 Å². The van der Waals surface area contributed by atoms with Gasteiger partial charge in [-0.15, -0.1) is 0 Å². The number of carbonyl (C=O) groups excluding carboxylic acids is 2. The molecular formula is C6H9ClFmNO2-. The van der Waals surface area contributed by atoms with Gasteiger partial charge in [-0.25, -0.2) is 0 Å². The van der Waals surface area contributed by atoms with Crippen molar-refractivity contribution >= 4 is 23.3 Å². The molecule has 0 atom stereocenters. The van der Waals surface area contributed by atoms with Gasteiger partial charge in [0, 0.05) is 0 Å². The number of rotatable bonds is 4. The van der Waals surface area contributed by atoms with Crippen molar-refractivity contribution in [2.24, 2.45) is 5.41 Å². The zero-order valence-corrected chi connectivity index (χ0v) is 9.35. The quantitative estimate of drug-likeness (QED) is 0.408. The normalized spacial score (nSPS) is 9.73. The fourth-order valence-electron chi connectivity index (χ4n) is 0.327. The Kier molecular flexibility index (Phi) is 4.72. The Balaban J connectivity index is 0. The summed E-state index contributed by atoms with van der Waals surface area (Å²) in [6.45, 7) is 3.51. The van der Waals surface area contributed by atoms with E-state index in [-0.39, 0.29) is 6.54 Å². The van der Waals surface area contributed by atoms with Gasteiger partial charge in [-0.3, -0.25) is 4.79 Å². The number of hydrogen-bond acceptors (Lipinski definition) is 2. The van der Waals surface area contributed by atoms with E-state index >= 15 is 0 Å². The maximum absolute atomic E-state index is 10.6. The number of halogens is 1. The Labute approximate surface area is 64.7 Å². The van der Waals surface area contributed by atoms with Crippen LogP contribution in [0.15, 0.2) is 0 Å². The molecule has 0 saturated heterocycles. The SMILES string of the molecule is CC(C)(CN[C-]=O)C(=O)Cl.[Fm]. The summed E-state index contributed by atoms with van der Waals surface area (Å²) in [5.41, 5.74) is -0.695. The van der Waals surface area contributed by atoms with Crippen molar-refractivity contribution in [3.63, 3.8) is 0 Å². The molecule has 1 N–H and O–H groups in total. The minimum absolute atomic E-state index is 0. The molecule has 0 aliphatic carbocycles. The van der Waals surface area contributed by atoms with Crippen molar-refractivity contribution in [2.45, 2.75) is 13.8 Å². The predicted molar refractivity (Wildman–Crippen MR) is 38.3 cm³/mol. The Morgan fingerprint density at radius 1 is 1.64 bits per heavy atom. The van der Waals surface area contributed by atoms with Gasteiger partial charge in [-0.05, 0) is 18.1 Å². The average Bonchev–Trinajstić information content (AvgIpc) is 1.84. The van der Waals surface area contributed by atoms with Crippen LogP contribution in [0.3, 0.4) is 0 Å². The Bertz CT molecular complexity index is 150. The van der Waals surface area contributed by atoms with Crippen LogP contribution in [0.25, 0.3) is 0 Å². The summed E-state index contributed by atoms with van der Waals surface area (Å²) in [6.07, 6.45) is 1.47. The molecule has 5 heteroatoms. The van der Waals surface area contributed by atoms with Crippen LogP contribution in [0, 0.1) is 5.41 Å². The first-order chi connectivity index (χ1) is 4.50. The largest absolute Gasteiger partial charge is 0.529 e. The molecule has 0 unspecified atom stereocenters. The van der Waals surface area contributed by atoms with Gasteiger partial charge in [0.1, 0.15) is 0 Å². The summed E-state index contributed by atoms with van der Waals surface area (Å²) in [5.74, 6) is 0. The standard InChI is InChI=1S/C6H9ClNO2.Fm/c1-6(2,5(7)10)3-8-4-9;/h3H2,1-2H3,(H,8,9);/q-1;. The second-order valence-electron chi connectivity index (χ2n) is 2.61. The van der Waals surface area contributed by atoms with Gasteiger partial charge in [0.2, 0.25) is 5.24 Å². The molecule has 1 amide bonds. The number of nitrogens with one attached hydrogen (secondary N) is 1. The van der Waals surface area contributed by atoms with E-state index in [1.807, 2.05) is 0 Å². The van der Waals surface area contributed by atoms with Gasteiger partial charge < -0.3 is 10.1 Å². The van der Waals surface area contributed by atoms with Crippen LogP contribution in [0.1, 0.15) is 13.8 Å². The van der Waals surface area contributed by atoms with Gasteiger partial charge in [0.25, 0.3) is 0 Å². The van der Waals surface area contributed by atoms with E-state index in [0.717, 1.165) is 0 Å². The van der Waals surface area contributed by atoms with Crippen LogP contribution in [0.4, 0.5) is 0 Å². The number of hydrogen-bond donors (Lipinski definition) is 1. The smallest absolute Gasteiger partial charge is 0.228 e. The minimum atomic E-state index is -0.695. The molecule has 0 saturated carbocycles. The van der Waals surface area contributed by atoms with E-state index in [0.29, 0.717) is 0 Å². The van der Waals surface area contributed by atoms with E-state index < -0.39 is 10.7 Å². The first-order valence-electron chi connectivity index (χ1n) is 2.80. The molecule has 0 fully saturated rings. The van der Waals surface area contributed by atoms with E-state index in [1.165, 1.54) is 6.41 Å². The van der Waals surface area contributed by atoms with Crippen molar-refractivity contribution in [1.29, 1.82) is 0 Å². The van der Waals surface area contributed by atoms with Gasteiger partial charge in [-0.2, -0.15) is 6.41 Å². The topological polar surface area (TPSA) is 46.2 Å². The van der Waals surface area contributed by atoms with Crippen molar-refractivity contribution < 1.29 is 9.59 Å². The molecule has 0 heterocycles. The maximum atomic E-state index is 10.6. The monoisotopic (exact) mass is 419 g/mol. The van der Waals surface area contributed by atoms with Crippen LogP contribution in [-0.2, 0) is 9.59 Å². The molecule has 70 valence electrons. The predicted octanol–water partition coefficient (Wildman–Crippen LogP) is 0.435. The van der Waals surface area contributed by atoms with E-state index in [2.05, 4.69) is 5.32 Å². The number of carbonyl (C=O) groups is 1. The van der Waals surface area contributed by atoms with Crippen molar-refractivity contribution in [1.82, 2.24) is 5.32 Å². The van der Waals surface area contributed by atoms with Gasteiger partial charge in [0.05, 0.1) is 5.41 Å². The van der Waals surface area contributed by atoms with Crippen LogP contribution in [-0.4, -0.2) is 18.2 Å².